The quantitative estimate of drug-likeness (QED) is 0.498. The Morgan fingerprint density at radius 2 is 1.97 bits per heavy atom. The molecular formula is C27H27ClN4O3S. The van der Waals surface area contributed by atoms with Crippen molar-refractivity contribution in [1.29, 1.82) is 0 Å². The predicted octanol–water partition coefficient (Wildman–Crippen LogP) is 3.60. The summed E-state index contributed by atoms with van der Waals surface area (Å²) in [6.45, 7) is 2.29. The van der Waals surface area contributed by atoms with E-state index in [0.717, 1.165) is 70.0 Å². The number of nitrogens with zero attached hydrogens (tertiary/aromatic N) is 3. The number of fused-ring (bicyclic) bond motifs is 3. The zero-order valence-corrected chi connectivity index (χ0v) is 21.3. The van der Waals surface area contributed by atoms with E-state index in [4.69, 9.17) is 11.6 Å². The standard InChI is InChI=1S/C27H27ClN4O3S/c28-15-6-14-2-1-5-31(17-8-16(13-33)30-11-17)24(14)20(7-15)19-3-4-29-23-9-18(36-25(19)23)12-32-26(34)21-10-22(21)27(32)35/h3-4,6-7,9,16-17,21-22,30,33H,1-2,5,8,10-13H2/t16-,17+,21?,22?/m1/s1. The van der Waals surface area contributed by atoms with Crippen molar-refractivity contribution in [2.75, 3.05) is 24.6 Å². The van der Waals surface area contributed by atoms with Gasteiger partial charge in [0.2, 0.25) is 11.8 Å². The highest BCUT2D eigenvalue weighted by Gasteiger charge is 2.58. The lowest BCUT2D eigenvalue weighted by Crippen LogP contribution is -2.40. The van der Waals surface area contributed by atoms with Crippen molar-refractivity contribution in [3.05, 3.63) is 45.9 Å². The maximum atomic E-state index is 12.5. The number of aromatic nitrogens is 1. The second-order valence-corrected chi connectivity index (χ2v) is 12.0. The minimum absolute atomic E-state index is 0.0263. The molecule has 0 spiro atoms. The molecule has 36 heavy (non-hydrogen) atoms. The average Bonchev–Trinajstić information content (AvgIpc) is 3.24. The van der Waals surface area contributed by atoms with Crippen molar-refractivity contribution in [2.24, 2.45) is 11.8 Å². The van der Waals surface area contributed by atoms with Gasteiger partial charge in [0.05, 0.1) is 35.2 Å². The molecule has 186 valence electrons. The second kappa shape index (κ2) is 8.52. The number of thiophene rings is 1. The van der Waals surface area contributed by atoms with Crippen molar-refractivity contribution in [2.45, 2.75) is 44.3 Å². The Morgan fingerprint density at radius 3 is 2.75 bits per heavy atom. The molecule has 0 bridgehead atoms. The minimum atomic E-state index is -0.0833. The zero-order chi connectivity index (χ0) is 24.6. The lowest BCUT2D eigenvalue weighted by molar-refractivity contribution is -0.141. The van der Waals surface area contributed by atoms with Crippen LogP contribution in [0.2, 0.25) is 5.02 Å². The third kappa shape index (κ3) is 3.57. The van der Waals surface area contributed by atoms with Crippen molar-refractivity contribution in [3.63, 3.8) is 0 Å². The minimum Gasteiger partial charge on any atom is -0.395 e. The fraction of sp³-hybridized carbons (Fsp3) is 0.444. The van der Waals surface area contributed by atoms with Gasteiger partial charge in [-0.15, -0.1) is 11.3 Å². The highest BCUT2D eigenvalue weighted by Crippen LogP contribution is 2.48. The Labute approximate surface area is 218 Å². The lowest BCUT2D eigenvalue weighted by Gasteiger charge is -2.38. The van der Waals surface area contributed by atoms with Gasteiger partial charge in [0.15, 0.2) is 0 Å². The number of amides is 2. The van der Waals surface area contributed by atoms with E-state index in [1.807, 2.05) is 18.3 Å². The molecule has 2 saturated heterocycles. The number of benzene rings is 1. The zero-order valence-electron chi connectivity index (χ0n) is 19.7. The number of aliphatic hydroxyl groups excluding tert-OH is 1. The molecule has 3 aromatic rings. The summed E-state index contributed by atoms with van der Waals surface area (Å²) in [5, 5.41) is 13.8. The third-order valence-electron chi connectivity index (χ3n) is 8.17. The monoisotopic (exact) mass is 522 g/mol. The fourth-order valence-corrected chi connectivity index (χ4v) is 7.69. The molecule has 4 aliphatic rings. The van der Waals surface area contributed by atoms with Gasteiger partial charge in [-0.2, -0.15) is 0 Å². The molecule has 7 rings (SSSR count). The molecule has 3 aliphatic heterocycles. The van der Waals surface area contributed by atoms with Gasteiger partial charge in [-0.3, -0.25) is 19.5 Å². The first kappa shape index (κ1) is 22.7. The van der Waals surface area contributed by atoms with Crippen molar-refractivity contribution < 1.29 is 14.7 Å². The third-order valence-corrected chi connectivity index (χ3v) is 9.53. The number of carbonyl (C=O) groups excluding carboxylic acids is 2. The number of rotatable bonds is 5. The average molecular weight is 523 g/mol. The number of imide groups is 1. The Bertz CT molecular complexity index is 1390. The first-order valence-corrected chi connectivity index (χ1v) is 13.9. The summed E-state index contributed by atoms with van der Waals surface area (Å²) in [5.41, 5.74) is 5.53. The first-order chi connectivity index (χ1) is 17.5. The molecule has 2 unspecified atom stereocenters. The SMILES string of the molecule is O=C1C2CC2C(=O)N1Cc1cc2nccc(-c3cc(Cl)cc4c3N([C@@H]3CN[C@@H](CO)C3)CCC4)c2s1. The van der Waals surface area contributed by atoms with Crippen molar-refractivity contribution in [3.8, 4) is 11.1 Å². The van der Waals surface area contributed by atoms with Crippen LogP contribution in [0.3, 0.4) is 0 Å². The van der Waals surface area contributed by atoms with Gasteiger partial charge in [-0.25, -0.2) is 0 Å². The molecule has 1 aromatic carbocycles. The fourth-order valence-electron chi connectivity index (χ4n) is 6.32. The highest BCUT2D eigenvalue weighted by molar-refractivity contribution is 7.19. The lowest BCUT2D eigenvalue weighted by atomic mass is 9.92. The number of hydrogen-bond donors (Lipinski definition) is 2. The van der Waals surface area contributed by atoms with Crippen LogP contribution in [-0.2, 0) is 22.6 Å². The van der Waals surface area contributed by atoms with Gasteiger partial charge >= 0.3 is 0 Å². The predicted molar refractivity (Wildman–Crippen MR) is 140 cm³/mol. The van der Waals surface area contributed by atoms with Crippen LogP contribution in [0.25, 0.3) is 21.3 Å². The maximum absolute atomic E-state index is 12.5. The van der Waals surface area contributed by atoms with E-state index in [1.165, 1.54) is 16.2 Å². The number of halogens is 1. The van der Waals surface area contributed by atoms with E-state index < -0.39 is 0 Å². The summed E-state index contributed by atoms with van der Waals surface area (Å²) in [6.07, 6.45) is 5.51. The molecule has 1 aliphatic carbocycles. The molecule has 7 nitrogen and oxygen atoms in total. The van der Waals surface area contributed by atoms with E-state index in [0.29, 0.717) is 12.6 Å². The number of piperidine rings is 1. The summed E-state index contributed by atoms with van der Waals surface area (Å²) < 4.78 is 1.05. The van der Waals surface area contributed by atoms with Crippen LogP contribution >= 0.6 is 22.9 Å². The molecule has 2 N–H and O–H groups in total. The first-order valence-electron chi connectivity index (χ1n) is 12.7. The number of anilines is 1. The van der Waals surface area contributed by atoms with Gasteiger partial charge in [0.25, 0.3) is 0 Å². The highest BCUT2D eigenvalue weighted by atomic mass is 35.5. The molecule has 3 fully saturated rings. The van der Waals surface area contributed by atoms with Crippen LogP contribution in [0.1, 0.15) is 29.7 Å². The maximum Gasteiger partial charge on any atom is 0.233 e. The normalized spacial score (nSPS) is 27.2. The summed E-state index contributed by atoms with van der Waals surface area (Å²) in [6, 6.07) is 8.65. The number of aryl methyl sites for hydroxylation is 1. The van der Waals surface area contributed by atoms with Crippen molar-refractivity contribution >= 4 is 50.7 Å². The molecular weight excluding hydrogens is 496 g/mol. The number of aliphatic hydroxyl groups is 1. The van der Waals surface area contributed by atoms with Gasteiger partial charge < -0.3 is 15.3 Å². The van der Waals surface area contributed by atoms with Gasteiger partial charge in [0, 0.05) is 58.1 Å². The largest absolute Gasteiger partial charge is 0.395 e. The second-order valence-electron chi connectivity index (χ2n) is 10.4. The number of nitrogens with one attached hydrogen (secondary N) is 1. The van der Waals surface area contributed by atoms with E-state index in [9.17, 15) is 14.7 Å². The summed E-state index contributed by atoms with van der Waals surface area (Å²) >= 11 is 8.25. The molecule has 2 aromatic heterocycles. The van der Waals surface area contributed by atoms with Crippen LogP contribution in [0, 0.1) is 11.8 Å². The van der Waals surface area contributed by atoms with E-state index >= 15 is 0 Å². The Kier molecular flexibility index (Phi) is 5.36. The van der Waals surface area contributed by atoms with Crippen LogP contribution in [-0.4, -0.2) is 58.6 Å². The molecule has 2 amide bonds. The Balaban J connectivity index is 1.29. The van der Waals surface area contributed by atoms with E-state index in [2.05, 4.69) is 27.3 Å². The summed E-state index contributed by atoms with van der Waals surface area (Å²) in [7, 11) is 0. The number of hydrogen-bond acceptors (Lipinski definition) is 7. The number of likely N-dealkylation sites (tertiary alicyclic amines) is 1. The van der Waals surface area contributed by atoms with Gasteiger partial charge in [0.1, 0.15) is 0 Å². The molecule has 0 radical (unpaired) electrons. The number of carbonyl (C=O) groups is 2. The topological polar surface area (TPSA) is 85.8 Å². The van der Waals surface area contributed by atoms with Crippen LogP contribution < -0.4 is 10.2 Å². The molecule has 9 heteroatoms. The summed E-state index contributed by atoms with van der Waals surface area (Å²) in [4.78, 5) is 34.6. The van der Waals surface area contributed by atoms with Gasteiger partial charge in [-0.1, -0.05) is 11.6 Å². The van der Waals surface area contributed by atoms with Crippen LogP contribution in [0.4, 0.5) is 5.69 Å². The number of pyridine rings is 1. The van der Waals surface area contributed by atoms with Crippen LogP contribution in [0.5, 0.6) is 0 Å². The Morgan fingerprint density at radius 1 is 1.14 bits per heavy atom. The molecule has 5 heterocycles. The Hall–Kier alpha value is -2.52. The summed E-state index contributed by atoms with van der Waals surface area (Å²) in [5.74, 6) is -0.219. The van der Waals surface area contributed by atoms with Crippen LogP contribution in [0.15, 0.2) is 30.5 Å². The van der Waals surface area contributed by atoms with E-state index in [1.54, 1.807) is 11.3 Å². The molecule has 1 saturated carbocycles. The van der Waals surface area contributed by atoms with E-state index in [-0.39, 0.29) is 36.3 Å². The molecule has 4 atom stereocenters. The van der Waals surface area contributed by atoms with Crippen molar-refractivity contribution in [1.82, 2.24) is 15.2 Å². The van der Waals surface area contributed by atoms with Gasteiger partial charge in [-0.05, 0) is 55.5 Å². The smallest absolute Gasteiger partial charge is 0.233 e.